The van der Waals surface area contributed by atoms with Gasteiger partial charge in [0.15, 0.2) is 0 Å². The molecule has 0 aromatic heterocycles. The number of hydrogen-bond donors (Lipinski definition) is 2. The maximum absolute atomic E-state index is 11.9. The number of ether oxygens (including phenoxy) is 2. The van der Waals surface area contributed by atoms with Crippen molar-refractivity contribution in [2.24, 2.45) is 0 Å². The predicted octanol–water partition coefficient (Wildman–Crippen LogP) is 1.11. The van der Waals surface area contributed by atoms with E-state index in [-0.39, 0.29) is 11.9 Å². The number of benzene rings is 1. The Labute approximate surface area is 119 Å². The summed E-state index contributed by atoms with van der Waals surface area (Å²) < 4.78 is 10.5. The first-order valence-corrected chi connectivity index (χ1v) is 6.96. The topological polar surface area (TPSA) is 59.6 Å². The van der Waals surface area contributed by atoms with Crippen LogP contribution in [0.5, 0.6) is 11.5 Å². The smallest absolute Gasteiger partial charge is 0.237 e. The van der Waals surface area contributed by atoms with Crippen LogP contribution in [0.3, 0.4) is 0 Å². The average Bonchev–Trinajstić information content (AvgIpc) is 3.01. The molecule has 1 atom stereocenters. The van der Waals surface area contributed by atoms with E-state index in [1.54, 1.807) is 14.2 Å². The van der Waals surface area contributed by atoms with Crippen molar-refractivity contribution in [2.75, 3.05) is 27.3 Å². The van der Waals surface area contributed by atoms with Crippen molar-refractivity contribution in [2.45, 2.75) is 25.3 Å². The summed E-state index contributed by atoms with van der Waals surface area (Å²) in [5, 5.41) is 6.15. The number of amides is 1. The van der Waals surface area contributed by atoms with Crippen LogP contribution in [0.15, 0.2) is 18.2 Å². The van der Waals surface area contributed by atoms with Gasteiger partial charge in [-0.15, -0.1) is 0 Å². The summed E-state index contributed by atoms with van der Waals surface area (Å²) in [6.45, 7) is 1.53. The molecule has 1 aromatic rings. The third kappa shape index (κ3) is 3.63. The zero-order valence-corrected chi connectivity index (χ0v) is 12.1. The second kappa shape index (κ2) is 7.14. The molecule has 2 N–H and O–H groups in total. The number of methoxy groups -OCH3 is 2. The highest BCUT2D eigenvalue weighted by atomic mass is 16.5. The molecule has 0 spiro atoms. The van der Waals surface area contributed by atoms with Gasteiger partial charge in [0.05, 0.1) is 20.3 Å². The maximum Gasteiger partial charge on any atom is 0.237 e. The van der Waals surface area contributed by atoms with Crippen molar-refractivity contribution in [3.63, 3.8) is 0 Å². The zero-order valence-electron chi connectivity index (χ0n) is 12.1. The van der Waals surface area contributed by atoms with Gasteiger partial charge in [0, 0.05) is 6.54 Å². The van der Waals surface area contributed by atoms with Crippen molar-refractivity contribution in [3.05, 3.63) is 23.8 Å². The van der Waals surface area contributed by atoms with E-state index < -0.39 is 0 Å². The van der Waals surface area contributed by atoms with E-state index in [1.165, 1.54) is 0 Å². The molecule has 0 saturated carbocycles. The predicted molar refractivity (Wildman–Crippen MR) is 77.3 cm³/mol. The third-order valence-electron chi connectivity index (χ3n) is 3.56. The van der Waals surface area contributed by atoms with E-state index in [9.17, 15) is 4.79 Å². The van der Waals surface area contributed by atoms with Gasteiger partial charge in [0.25, 0.3) is 0 Å². The van der Waals surface area contributed by atoms with Crippen molar-refractivity contribution in [3.8, 4) is 11.5 Å². The second-order valence-corrected chi connectivity index (χ2v) is 4.87. The van der Waals surface area contributed by atoms with E-state index in [2.05, 4.69) is 10.6 Å². The first-order chi connectivity index (χ1) is 9.74. The summed E-state index contributed by atoms with van der Waals surface area (Å²) in [6, 6.07) is 5.67. The van der Waals surface area contributed by atoms with Gasteiger partial charge in [-0.3, -0.25) is 4.79 Å². The molecule has 1 aromatic carbocycles. The van der Waals surface area contributed by atoms with Crippen molar-refractivity contribution in [1.82, 2.24) is 10.6 Å². The number of rotatable bonds is 6. The molecule has 5 nitrogen and oxygen atoms in total. The van der Waals surface area contributed by atoms with E-state index in [1.807, 2.05) is 18.2 Å². The fourth-order valence-corrected chi connectivity index (χ4v) is 2.43. The lowest BCUT2D eigenvalue weighted by molar-refractivity contribution is -0.122. The Hall–Kier alpha value is -1.75. The summed E-state index contributed by atoms with van der Waals surface area (Å²) in [5.41, 5.74) is 1.03. The lowest BCUT2D eigenvalue weighted by atomic mass is 10.1. The van der Waals surface area contributed by atoms with Gasteiger partial charge in [-0.25, -0.2) is 0 Å². The van der Waals surface area contributed by atoms with Crippen LogP contribution in [0, 0.1) is 0 Å². The van der Waals surface area contributed by atoms with Gasteiger partial charge in [-0.1, -0.05) is 0 Å². The first-order valence-electron chi connectivity index (χ1n) is 6.96. The van der Waals surface area contributed by atoms with E-state index in [0.29, 0.717) is 6.54 Å². The van der Waals surface area contributed by atoms with Crippen molar-refractivity contribution >= 4 is 5.91 Å². The average molecular weight is 278 g/mol. The van der Waals surface area contributed by atoms with E-state index in [4.69, 9.17) is 9.47 Å². The molecule has 1 amide bonds. The number of hydrogen-bond acceptors (Lipinski definition) is 4. The standard InChI is InChI=1S/C15H22N2O3/c1-19-12-5-6-14(20-2)11(10-12)7-9-17-15(18)13-4-3-8-16-13/h5-6,10,13,16H,3-4,7-9H2,1-2H3,(H,17,18). The van der Waals surface area contributed by atoms with Crippen molar-refractivity contribution < 1.29 is 14.3 Å². The summed E-state index contributed by atoms with van der Waals surface area (Å²) >= 11 is 0. The SMILES string of the molecule is COc1ccc(OC)c(CCNC(=O)C2CCCN2)c1. The van der Waals surface area contributed by atoms with Crippen LogP contribution in [0.4, 0.5) is 0 Å². The second-order valence-electron chi connectivity index (χ2n) is 4.87. The molecule has 0 radical (unpaired) electrons. The molecule has 1 heterocycles. The Kier molecular flexibility index (Phi) is 5.24. The normalized spacial score (nSPS) is 17.8. The van der Waals surface area contributed by atoms with Crippen LogP contribution in [0.2, 0.25) is 0 Å². The largest absolute Gasteiger partial charge is 0.497 e. The Morgan fingerprint density at radius 2 is 2.25 bits per heavy atom. The highest BCUT2D eigenvalue weighted by molar-refractivity contribution is 5.82. The quantitative estimate of drug-likeness (QED) is 0.818. The monoisotopic (exact) mass is 278 g/mol. The molecule has 1 aliphatic rings. The summed E-state index contributed by atoms with van der Waals surface area (Å²) in [4.78, 5) is 11.9. The fourth-order valence-electron chi connectivity index (χ4n) is 2.43. The highest BCUT2D eigenvalue weighted by Gasteiger charge is 2.21. The van der Waals surface area contributed by atoms with Crippen LogP contribution < -0.4 is 20.1 Å². The molecular formula is C15H22N2O3. The molecule has 1 aliphatic heterocycles. The number of nitrogens with one attached hydrogen (secondary N) is 2. The van der Waals surface area contributed by atoms with Crippen LogP contribution in [0.25, 0.3) is 0 Å². The van der Waals surface area contributed by atoms with Crippen molar-refractivity contribution in [1.29, 1.82) is 0 Å². The summed E-state index contributed by atoms with van der Waals surface area (Å²) in [7, 11) is 3.28. The van der Waals surface area contributed by atoms with E-state index >= 15 is 0 Å². The van der Waals surface area contributed by atoms with Gasteiger partial charge in [-0.2, -0.15) is 0 Å². The van der Waals surface area contributed by atoms with Gasteiger partial charge < -0.3 is 20.1 Å². The molecule has 1 unspecified atom stereocenters. The number of carbonyl (C=O) groups is 1. The third-order valence-corrected chi connectivity index (χ3v) is 3.56. The minimum absolute atomic E-state index is 0.0257. The van der Waals surface area contributed by atoms with Crippen LogP contribution in [-0.2, 0) is 11.2 Å². The maximum atomic E-state index is 11.9. The van der Waals surface area contributed by atoms with Gasteiger partial charge >= 0.3 is 0 Å². The Balaban J connectivity index is 1.87. The lowest BCUT2D eigenvalue weighted by Crippen LogP contribution is -2.41. The molecule has 20 heavy (non-hydrogen) atoms. The van der Waals surface area contributed by atoms with Crippen LogP contribution in [0.1, 0.15) is 18.4 Å². The molecule has 5 heteroatoms. The van der Waals surface area contributed by atoms with Crippen LogP contribution in [-0.4, -0.2) is 39.3 Å². The fraction of sp³-hybridized carbons (Fsp3) is 0.533. The summed E-state index contributed by atoms with van der Waals surface area (Å²) in [5.74, 6) is 1.70. The van der Waals surface area contributed by atoms with Gasteiger partial charge in [-0.05, 0) is 49.6 Å². The molecule has 110 valence electrons. The molecule has 0 aliphatic carbocycles. The Morgan fingerprint density at radius 3 is 2.90 bits per heavy atom. The zero-order chi connectivity index (χ0) is 14.4. The molecular weight excluding hydrogens is 256 g/mol. The molecule has 1 fully saturated rings. The highest BCUT2D eigenvalue weighted by Crippen LogP contribution is 2.24. The van der Waals surface area contributed by atoms with Gasteiger partial charge in [0.1, 0.15) is 11.5 Å². The molecule has 0 bridgehead atoms. The van der Waals surface area contributed by atoms with Gasteiger partial charge in [0.2, 0.25) is 5.91 Å². The lowest BCUT2D eigenvalue weighted by Gasteiger charge is -2.13. The van der Waals surface area contributed by atoms with E-state index in [0.717, 1.165) is 42.9 Å². The minimum Gasteiger partial charge on any atom is -0.497 e. The molecule has 2 rings (SSSR count). The Bertz CT molecular complexity index is 456. The summed E-state index contributed by atoms with van der Waals surface area (Å²) in [6.07, 6.45) is 2.72. The molecule has 1 saturated heterocycles. The Morgan fingerprint density at radius 1 is 1.40 bits per heavy atom. The minimum atomic E-state index is -0.0257. The first kappa shape index (κ1) is 14.7. The number of carbonyl (C=O) groups excluding carboxylic acids is 1. The van der Waals surface area contributed by atoms with Crippen LogP contribution >= 0.6 is 0 Å².